The van der Waals surface area contributed by atoms with Gasteiger partial charge in [0.05, 0.1) is 0 Å². The number of halogens is 1. The summed E-state index contributed by atoms with van der Waals surface area (Å²) < 4.78 is 1.08. The summed E-state index contributed by atoms with van der Waals surface area (Å²) in [4.78, 5) is 11.8. The van der Waals surface area contributed by atoms with E-state index < -0.39 is 0 Å². The average Bonchev–Trinajstić information content (AvgIpc) is 2.54. The Morgan fingerprint density at radius 2 is 2.00 bits per heavy atom. The number of carbonyl (C=O) groups excluding carboxylic acids is 1. The second-order valence-electron chi connectivity index (χ2n) is 5.85. The van der Waals surface area contributed by atoms with E-state index in [0.29, 0.717) is 12.3 Å². The molecule has 0 aromatic heterocycles. The molecule has 0 spiro atoms. The first-order valence-electron chi connectivity index (χ1n) is 6.47. The van der Waals surface area contributed by atoms with E-state index in [2.05, 4.69) is 66.3 Å². The van der Waals surface area contributed by atoms with Gasteiger partial charge < -0.3 is 5.32 Å². The third-order valence-corrected chi connectivity index (χ3v) is 4.37. The van der Waals surface area contributed by atoms with Crippen LogP contribution in [0.1, 0.15) is 39.2 Å². The lowest BCUT2D eigenvalue weighted by Crippen LogP contribution is -2.39. The Kier molecular flexibility index (Phi) is 3.81. The quantitative estimate of drug-likeness (QED) is 0.907. The van der Waals surface area contributed by atoms with Gasteiger partial charge in [-0.2, -0.15) is 0 Å². The van der Waals surface area contributed by atoms with Gasteiger partial charge in [-0.25, -0.2) is 0 Å². The molecule has 2 unspecified atom stereocenters. The second-order valence-corrected chi connectivity index (χ2v) is 6.77. The zero-order chi connectivity index (χ0) is 13.3. The molecule has 1 aliphatic rings. The summed E-state index contributed by atoms with van der Waals surface area (Å²) in [6, 6.07) is 8.59. The molecule has 2 atom stereocenters. The van der Waals surface area contributed by atoms with Crippen LogP contribution >= 0.6 is 15.9 Å². The van der Waals surface area contributed by atoms with Crippen LogP contribution in [0.2, 0.25) is 0 Å². The summed E-state index contributed by atoms with van der Waals surface area (Å²) in [7, 11) is 0. The Labute approximate surface area is 117 Å². The standard InChI is InChI=1S/C15H20BrNO/c1-10(2)8-13-15(3,9-14(18)17-13)11-4-6-12(16)7-5-11/h4-7,10,13H,8-9H2,1-3H3,(H,17,18). The van der Waals surface area contributed by atoms with Crippen LogP contribution in [0.5, 0.6) is 0 Å². The van der Waals surface area contributed by atoms with Gasteiger partial charge >= 0.3 is 0 Å². The maximum atomic E-state index is 11.8. The predicted molar refractivity (Wildman–Crippen MR) is 77.5 cm³/mol. The molecule has 1 aromatic carbocycles. The van der Waals surface area contributed by atoms with Crippen LogP contribution in [-0.4, -0.2) is 11.9 Å². The largest absolute Gasteiger partial charge is 0.352 e. The lowest BCUT2D eigenvalue weighted by atomic mass is 9.73. The van der Waals surface area contributed by atoms with Crippen LogP contribution in [0, 0.1) is 5.92 Å². The number of nitrogens with one attached hydrogen (secondary N) is 1. The van der Waals surface area contributed by atoms with Gasteiger partial charge in [-0.3, -0.25) is 4.79 Å². The summed E-state index contributed by atoms with van der Waals surface area (Å²) in [5.74, 6) is 0.759. The smallest absolute Gasteiger partial charge is 0.221 e. The van der Waals surface area contributed by atoms with Gasteiger partial charge in [-0.05, 0) is 30.0 Å². The molecular weight excluding hydrogens is 290 g/mol. The van der Waals surface area contributed by atoms with E-state index >= 15 is 0 Å². The topological polar surface area (TPSA) is 29.1 Å². The molecule has 1 fully saturated rings. The maximum absolute atomic E-state index is 11.8. The summed E-state index contributed by atoms with van der Waals surface area (Å²) in [6.07, 6.45) is 1.62. The Morgan fingerprint density at radius 3 is 2.56 bits per heavy atom. The molecule has 1 aliphatic heterocycles. The van der Waals surface area contributed by atoms with Crippen molar-refractivity contribution in [2.24, 2.45) is 5.92 Å². The first kappa shape index (κ1) is 13.6. The third-order valence-electron chi connectivity index (χ3n) is 3.84. The van der Waals surface area contributed by atoms with Crippen molar-refractivity contribution in [2.45, 2.75) is 45.1 Å². The van der Waals surface area contributed by atoms with Gasteiger partial charge in [-0.1, -0.05) is 48.8 Å². The fourth-order valence-electron chi connectivity index (χ4n) is 2.79. The van der Waals surface area contributed by atoms with E-state index in [9.17, 15) is 4.79 Å². The van der Waals surface area contributed by atoms with Crippen molar-refractivity contribution < 1.29 is 4.79 Å². The molecule has 1 amide bonds. The number of hydrogen-bond acceptors (Lipinski definition) is 1. The summed E-state index contributed by atoms with van der Waals surface area (Å²) in [5, 5.41) is 3.14. The van der Waals surface area contributed by atoms with Crippen LogP contribution in [0.25, 0.3) is 0 Å². The lowest BCUT2D eigenvalue weighted by Gasteiger charge is -2.32. The Hall–Kier alpha value is -0.830. The molecule has 18 heavy (non-hydrogen) atoms. The second kappa shape index (κ2) is 5.04. The van der Waals surface area contributed by atoms with E-state index in [4.69, 9.17) is 0 Å². The SMILES string of the molecule is CC(C)CC1NC(=O)CC1(C)c1ccc(Br)cc1. The number of rotatable bonds is 3. The van der Waals surface area contributed by atoms with Crippen LogP contribution in [0.3, 0.4) is 0 Å². The molecule has 1 saturated heterocycles. The summed E-state index contributed by atoms with van der Waals surface area (Å²) in [5.41, 5.74) is 1.16. The zero-order valence-electron chi connectivity index (χ0n) is 11.2. The van der Waals surface area contributed by atoms with Crippen molar-refractivity contribution in [2.75, 3.05) is 0 Å². The lowest BCUT2D eigenvalue weighted by molar-refractivity contribution is -0.119. The van der Waals surface area contributed by atoms with E-state index in [1.54, 1.807) is 0 Å². The van der Waals surface area contributed by atoms with Crippen LogP contribution in [0.15, 0.2) is 28.7 Å². The van der Waals surface area contributed by atoms with Gasteiger partial charge in [0.2, 0.25) is 5.91 Å². The van der Waals surface area contributed by atoms with Crippen molar-refractivity contribution in [3.63, 3.8) is 0 Å². The van der Waals surface area contributed by atoms with Crippen LogP contribution in [0.4, 0.5) is 0 Å². The molecule has 0 bridgehead atoms. The molecule has 0 aliphatic carbocycles. The molecular formula is C15H20BrNO. The van der Waals surface area contributed by atoms with Crippen molar-refractivity contribution in [1.29, 1.82) is 0 Å². The van der Waals surface area contributed by atoms with E-state index in [0.717, 1.165) is 10.9 Å². The number of benzene rings is 1. The highest BCUT2D eigenvalue weighted by Crippen LogP contribution is 2.38. The average molecular weight is 310 g/mol. The Balaban J connectivity index is 2.31. The molecule has 0 saturated carbocycles. The minimum atomic E-state index is -0.0813. The van der Waals surface area contributed by atoms with Crippen molar-refractivity contribution in [3.8, 4) is 0 Å². The van der Waals surface area contributed by atoms with E-state index in [1.807, 2.05) is 0 Å². The normalized spacial score (nSPS) is 27.6. The minimum Gasteiger partial charge on any atom is -0.352 e. The van der Waals surface area contributed by atoms with Crippen LogP contribution < -0.4 is 5.32 Å². The number of hydrogen-bond donors (Lipinski definition) is 1. The highest BCUT2D eigenvalue weighted by atomic mass is 79.9. The predicted octanol–water partition coefficient (Wildman–Crippen LogP) is 3.64. The van der Waals surface area contributed by atoms with Gasteiger partial charge in [0.1, 0.15) is 0 Å². The van der Waals surface area contributed by atoms with Gasteiger partial charge in [0.15, 0.2) is 0 Å². The van der Waals surface area contributed by atoms with Gasteiger partial charge in [0.25, 0.3) is 0 Å². The molecule has 98 valence electrons. The van der Waals surface area contributed by atoms with Crippen molar-refractivity contribution in [1.82, 2.24) is 5.32 Å². The molecule has 2 nitrogen and oxygen atoms in total. The summed E-state index contributed by atoms with van der Waals surface area (Å²) in [6.45, 7) is 6.60. The highest BCUT2D eigenvalue weighted by Gasteiger charge is 2.44. The van der Waals surface area contributed by atoms with Crippen molar-refractivity contribution in [3.05, 3.63) is 34.3 Å². The zero-order valence-corrected chi connectivity index (χ0v) is 12.8. The Morgan fingerprint density at radius 1 is 1.39 bits per heavy atom. The fraction of sp³-hybridized carbons (Fsp3) is 0.533. The first-order valence-corrected chi connectivity index (χ1v) is 7.26. The molecule has 1 N–H and O–H groups in total. The van der Waals surface area contributed by atoms with Crippen LogP contribution in [-0.2, 0) is 10.2 Å². The van der Waals surface area contributed by atoms with Gasteiger partial charge in [0, 0.05) is 22.4 Å². The minimum absolute atomic E-state index is 0.0813. The Bertz CT molecular complexity index is 440. The molecule has 1 heterocycles. The van der Waals surface area contributed by atoms with Gasteiger partial charge in [-0.15, -0.1) is 0 Å². The molecule has 2 rings (SSSR count). The summed E-state index contributed by atoms with van der Waals surface area (Å²) >= 11 is 3.46. The first-order chi connectivity index (χ1) is 8.41. The molecule has 3 heteroatoms. The number of carbonyl (C=O) groups is 1. The number of amides is 1. The van der Waals surface area contributed by atoms with E-state index in [-0.39, 0.29) is 17.4 Å². The third kappa shape index (κ3) is 2.61. The van der Waals surface area contributed by atoms with Crippen molar-refractivity contribution >= 4 is 21.8 Å². The molecule has 0 radical (unpaired) electrons. The monoisotopic (exact) mass is 309 g/mol. The molecule has 1 aromatic rings. The maximum Gasteiger partial charge on any atom is 0.221 e. The fourth-order valence-corrected chi connectivity index (χ4v) is 3.05. The highest BCUT2D eigenvalue weighted by molar-refractivity contribution is 9.10. The van der Waals surface area contributed by atoms with E-state index in [1.165, 1.54) is 5.56 Å².